The van der Waals surface area contributed by atoms with Crippen LogP contribution in [0.1, 0.15) is 33.1 Å². The van der Waals surface area contributed by atoms with Crippen LogP contribution in [0.5, 0.6) is 11.5 Å². The molecule has 3 aromatic carbocycles. The molecule has 1 unspecified atom stereocenters. The van der Waals surface area contributed by atoms with Crippen molar-refractivity contribution in [2.24, 2.45) is 0 Å². The maximum Gasteiger partial charge on any atom is 0.254 e. The molecule has 148 valence electrons. The summed E-state index contributed by atoms with van der Waals surface area (Å²) in [6.07, 6.45) is 1.54. The normalized spacial score (nSPS) is 15.5. The highest BCUT2D eigenvalue weighted by molar-refractivity contribution is 5.94. The summed E-state index contributed by atoms with van der Waals surface area (Å²) in [6.45, 7) is 0.674. The molecular weight excluding hydrogens is 362 g/mol. The van der Waals surface area contributed by atoms with Crippen LogP contribution in [-0.2, 0) is 12.8 Å². The van der Waals surface area contributed by atoms with Crippen LogP contribution in [-0.4, -0.2) is 31.6 Å². The number of nitrogens with zero attached hydrogens (tertiary/aromatic N) is 1. The van der Waals surface area contributed by atoms with Crippen LogP contribution in [0.15, 0.2) is 72.8 Å². The fourth-order valence-corrected chi connectivity index (χ4v) is 4.08. The average molecular weight is 387 g/mol. The maximum absolute atomic E-state index is 13.4. The lowest BCUT2D eigenvalue weighted by Gasteiger charge is -2.38. The molecule has 4 heteroatoms. The van der Waals surface area contributed by atoms with Crippen molar-refractivity contribution >= 4 is 5.91 Å². The summed E-state index contributed by atoms with van der Waals surface area (Å²) in [5, 5.41) is 0. The zero-order chi connectivity index (χ0) is 20.2. The second-order valence-corrected chi connectivity index (χ2v) is 7.23. The number of hydrogen-bond donors (Lipinski definition) is 0. The van der Waals surface area contributed by atoms with Crippen molar-refractivity contribution in [2.45, 2.75) is 18.9 Å². The third-order valence-corrected chi connectivity index (χ3v) is 5.56. The third kappa shape index (κ3) is 3.83. The van der Waals surface area contributed by atoms with Crippen molar-refractivity contribution in [2.75, 3.05) is 20.8 Å². The molecule has 0 N–H and O–H groups in total. The first-order chi connectivity index (χ1) is 14.2. The SMILES string of the molecule is COc1cc2c(cc1OC)C(Cc1ccccc1)N(C(=O)c1ccccc1)CC2. The van der Waals surface area contributed by atoms with Gasteiger partial charge in [-0.15, -0.1) is 0 Å². The molecule has 3 aromatic rings. The molecule has 29 heavy (non-hydrogen) atoms. The Morgan fingerprint density at radius 1 is 0.931 bits per heavy atom. The number of amides is 1. The number of methoxy groups -OCH3 is 2. The molecule has 0 aromatic heterocycles. The Morgan fingerprint density at radius 2 is 1.55 bits per heavy atom. The topological polar surface area (TPSA) is 38.8 Å². The van der Waals surface area contributed by atoms with Gasteiger partial charge in [0.25, 0.3) is 5.91 Å². The number of carbonyl (C=O) groups excluding carboxylic acids is 1. The summed E-state index contributed by atoms with van der Waals surface area (Å²) in [4.78, 5) is 15.4. The van der Waals surface area contributed by atoms with Crippen molar-refractivity contribution in [3.63, 3.8) is 0 Å². The van der Waals surface area contributed by atoms with Gasteiger partial charge in [-0.2, -0.15) is 0 Å². The van der Waals surface area contributed by atoms with E-state index in [1.165, 1.54) is 11.1 Å². The van der Waals surface area contributed by atoms with Gasteiger partial charge >= 0.3 is 0 Å². The summed E-state index contributed by atoms with van der Waals surface area (Å²) in [5.74, 6) is 1.48. The van der Waals surface area contributed by atoms with E-state index in [2.05, 4.69) is 18.2 Å². The molecule has 0 fully saturated rings. The van der Waals surface area contributed by atoms with Gasteiger partial charge in [0.2, 0.25) is 0 Å². The van der Waals surface area contributed by atoms with E-state index in [1.54, 1.807) is 14.2 Å². The Labute approximate surface area is 171 Å². The molecule has 1 heterocycles. The molecule has 1 amide bonds. The second-order valence-electron chi connectivity index (χ2n) is 7.23. The number of hydrogen-bond acceptors (Lipinski definition) is 3. The molecule has 0 radical (unpaired) electrons. The highest BCUT2D eigenvalue weighted by Gasteiger charge is 2.32. The van der Waals surface area contributed by atoms with Gasteiger partial charge in [-0.3, -0.25) is 4.79 Å². The van der Waals surface area contributed by atoms with Crippen LogP contribution in [0.3, 0.4) is 0 Å². The number of fused-ring (bicyclic) bond motifs is 1. The standard InChI is InChI=1S/C25H25NO3/c1-28-23-16-20-13-14-26(25(27)19-11-7-4-8-12-19)22(21(20)17-24(23)29-2)15-18-9-5-3-6-10-18/h3-12,16-17,22H,13-15H2,1-2H3. The van der Waals surface area contributed by atoms with E-state index < -0.39 is 0 Å². The number of rotatable bonds is 5. The minimum absolute atomic E-state index is 0.0614. The molecule has 0 spiro atoms. The molecule has 1 aliphatic rings. The molecule has 0 bridgehead atoms. The summed E-state index contributed by atoms with van der Waals surface area (Å²) in [6, 6.07) is 23.8. The maximum atomic E-state index is 13.4. The summed E-state index contributed by atoms with van der Waals surface area (Å²) >= 11 is 0. The van der Waals surface area contributed by atoms with Gasteiger partial charge in [-0.1, -0.05) is 48.5 Å². The fraction of sp³-hybridized carbons (Fsp3) is 0.240. The van der Waals surface area contributed by atoms with Gasteiger partial charge < -0.3 is 14.4 Å². The predicted molar refractivity (Wildman–Crippen MR) is 114 cm³/mol. The van der Waals surface area contributed by atoms with Crippen LogP contribution in [0, 0.1) is 0 Å². The zero-order valence-electron chi connectivity index (χ0n) is 16.8. The van der Waals surface area contributed by atoms with Crippen molar-refractivity contribution in [1.82, 2.24) is 4.90 Å². The average Bonchev–Trinajstić information content (AvgIpc) is 2.79. The van der Waals surface area contributed by atoms with E-state index in [-0.39, 0.29) is 11.9 Å². The van der Waals surface area contributed by atoms with E-state index in [9.17, 15) is 4.79 Å². The summed E-state index contributed by atoms with van der Waals surface area (Å²) < 4.78 is 11.0. The minimum atomic E-state index is -0.0614. The summed E-state index contributed by atoms with van der Waals surface area (Å²) in [7, 11) is 3.30. The first-order valence-electron chi connectivity index (χ1n) is 9.86. The Morgan fingerprint density at radius 3 is 2.21 bits per heavy atom. The van der Waals surface area contributed by atoms with Crippen molar-refractivity contribution < 1.29 is 14.3 Å². The second kappa shape index (κ2) is 8.39. The Balaban J connectivity index is 1.77. The lowest BCUT2D eigenvalue weighted by molar-refractivity contribution is 0.0659. The highest BCUT2D eigenvalue weighted by atomic mass is 16.5. The first-order valence-corrected chi connectivity index (χ1v) is 9.86. The lowest BCUT2D eigenvalue weighted by atomic mass is 9.87. The van der Waals surface area contributed by atoms with Gasteiger partial charge in [0.05, 0.1) is 20.3 Å². The van der Waals surface area contributed by atoms with Gasteiger partial charge in [-0.25, -0.2) is 0 Å². The van der Waals surface area contributed by atoms with Gasteiger partial charge in [0, 0.05) is 12.1 Å². The molecule has 4 nitrogen and oxygen atoms in total. The first kappa shape index (κ1) is 19.1. The molecule has 0 saturated heterocycles. The van der Waals surface area contributed by atoms with Crippen LogP contribution >= 0.6 is 0 Å². The van der Waals surface area contributed by atoms with E-state index in [0.29, 0.717) is 12.3 Å². The number of carbonyl (C=O) groups is 1. The van der Waals surface area contributed by atoms with Crippen LogP contribution in [0.4, 0.5) is 0 Å². The lowest BCUT2D eigenvalue weighted by Crippen LogP contribution is -2.41. The number of ether oxygens (including phenoxy) is 2. The smallest absolute Gasteiger partial charge is 0.254 e. The third-order valence-electron chi connectivity index (χ3n) is 5.56. The minimum Gasteiger partial charge on any atom is -0.493 e. The molecule has 0 aliphatic carbocycles. The van der Waals surface area contributed by atoms with E-state index >= 15 is 0 Å². The van der Waals surface area contributed by atoms with Gasteiger partial charge in [0.15, 0.2) is 11.5 Å². The van der Waals surface area contributed by atoms with Gasteiger partial charge in [0.1, 0.15) is 0 Å². The van der Waals surface area contributed by atoms with Crippen molar-refractivity contribution in [1.29, 1.82) is 0 Å². The highest BCUT2D eigenvalue weighted by Crippen LogP contribution is 2.40. The van der Waals surface area contributed by atoms with Crippen LogP contribution < -0.4 is 9.47 Å². The van der Waals surface area contributed by atoms with Crippen LogP contribution in [0.25, 0.3) is 0 Å². The quantitative estimate of drug-likeness (QED) is 0.638. The molecule has 1 aliphatic heterocycles. The molecule has 4 rings (SSSR count). The Hall–Kier alpha value is -3.27. The zero-order valence-corrected chi connectivity index (χ0v) is 16.8. The Bertz CT molecular complexity index is 986. The van der Waals surface area contributed by atoms with Crippen molar-refractivity contribution in [3.05, 3.63) is 95.1 Å². The van der Waals surface area contributed by atoms with E-state index in [4.69, 9.17) is 9.47 Å². The number of benzene rings is 3. The Kier molecular flexibility index (Phi) is 5.52. The molecule has 0 saturated carbocycles. The van der Waals surface area contributed by atoms with Crippen LogP contribution in [0.2, 0.25) is 0 Å². The van der Waals surface area contributed by atoms with E-state index in [0.717, 1.165) is 29.7 Å². The summed E-state index contributed by atoms with van der Waals surface area (Å²) in [5.41, 5.74) is 4.25. The largest absolute Gasteiger partial charge is 0.493 e. The molecular formula is C25H25NO3. The monoisotopic (exact) mass is 387 g/mol. The predicted octanol–water partition coefficient (Wildman–Crippen LogP) is 4.69. The van der Waals surface area contributed by atoms with Crippen molar-refractivity contribution in [3.8, 4) is 11.5 Å². The fourth-order valence-electron chi connectivity index (χ4n) is 4.08. The van der Waals surface area contributed by atoms with E-state index in [1.807, 2.05) is 59.5 Å². The van der Waals surface area contributed by atoms with Gasteiger partial charge in [-0.05, 0) is 53.8 Å². The molecule has 1 atom stereocenters.